The number of ether oxygens (including phenoxy) is 2. The van der Waals surface area contributed by atoms with E-state index in [0.29, 0.717) is 18.8 Å². The highest BCUT2D eigenvalue weighted by atomic mass is 16.5. The SMILES string of the molecule is CCC(O)COC1CCC(OC)CC1. The van der Waals surface area contributed by atoms with E-state index in [0.717, 1.165) is 32.1 Å². The molecule has 0 heterocycles. The molecule has 1 N–H and O–H groups in total. The highest BCUT2D eigenvalue weighted by Gasteiger charge is 2.21. The first-order chi connectivity index (χ1) is 6.76. The Hall–Kier alpha value is -0.120. The minimum Gasteiger partial charge on any atom is -0.391 e. The van der Waals surface area contributed by atoms with Crippen molar-refractivity contribution in [1.82, 2.24) is 0 Å². The molecule has 1 aliphatic carbocycles. The molecule has 3 heteroatoms. The summed E-state index contributed by atoms with van der Waals surface area (Å²) in [5, 5.41) is 9.34. The molecule has 0 aliphatic heterocycles. The number of aliphatic hydroxyl groups is 1. The van der Waals surface area contributed by atoms with Crippen molar-refractivity contribution in [3.8, 4) is 0 Å². The molecule has 1 rings (SSSR count). The van der Waals surface area contributed by atoms with Crippen molar-refractivity contribution in [2.45, 2.75) is 57.3 Å². The topological polar surface area (TPSA) is 38.7 Å². The molecular formula is C11H22O3. The minimum atomic E-state index is -0.296. The second-order valence-electron chi connectivity index (χ2n) is 4.03. The van der Waals surface area contributed by atoms with Crippen LogP contribution in [0, 0.1) is 0 Å². The Morgan fingerprint density at radius 1 is 1.21 bits per heavy atom. The van der Waals surface area contributed by atoms with Crippen molar-refractivity contribution < 1.29 is 14.6 Å². The van der Waals surface area contributed by atoms with E-state index in [1.165, 1.54) is 0 Å². The molecule has 1 unspecified atom stereocenters. The molecule has 1 fully saturated rings. The normalized spacial score (nSPS) is 30.2. The van der Waals surface area contributed by atoms with Crippen LogP contribution in [0.4, 0.5) is 0 Å². The lowest BCUT2D eigenvalue weighted by Gasteiger charge is -2.28. The van der Waals surface area contributed by atoms with E-state index >= 15 is 0 Å². The lowest BCUT2D eigenvalue weighted by molar-refractivity contribution is -0.0467. The number of hydrogen-bond acceptors (Lipinski definition) is 3. The first-order valence-electron chi connectivity index (χ1n) is 5.58. The Morgan fingerprint density at radius 2 is 1.79 bits per heavy atom. The van der Waals surface area contributed by atoms with Crippen LogP contribution in [-0.2, 0) is 9.47 Å². The van der Waals surface area contributed by atoms with Gasteiger partial charge in [0, 0.05) is 7.11 Å². The lowest BCUT2D eigenvalue weighted by Crippen LogP contribution is -2.28. The Labute approximate surface area is 86.4 Å². The van der Waals surface area contributed by atoms with Crippen LogP contribution in [-0.4, -0.2) is 37.1 Å². The van der Waals surface area contributed by atoms with E-state index in [4.69, 9.17) is 9.47 Å². The number of rotatable bonds is 5. The van der Waals surface area contributed by atoms with Crippen LogP contribution < -0.4 is 0 Å². The van der Waals surface area contributed by atoms with Crippen molar-refractivity contribution in [3.63, 3.8) is 0 Å². The maximum Gasteiger partial charge on any atom is 0.0771 e. The molecule has 0 bridgehead atoms. The van der Waals surface area contributed by atoms with Gasteiger partial charge in [-0.15, -0.1) is 0 Å². The van der Waals surface area contributed by atoms with Crippen LogP contribution in [0.5, 0.6) is 0 Å². The maximum atomic E-state index is 9.34. The zero-order chi connectivity index (χ0) is 10.4. The van der Waals surface area contributed by atoms with Crippen molar-refractivity contribution >= 4 is 0 Å². The standard InChI is InChI=1S/C11H22O3/c1-3-9(12)8-14-11-6-4-10(13-2)5-7-11/h9-12H,3-8H2,1-2H3. The second-order valence-corrected chi connectivity index (χ2v) is 4.03. The van der Waals surface area contributed by atoms with Crippen molar-refractivity contribution in [2.75, 3.05) is 13.7 Å². The van der Waals surface area contributed by atoms with Gasteiger partial charge in [0.25, 0.3) is 0 Å². The van der Waals surface area contributed by atoms with Gasteiger partial charge in [0.05, 0.1) is 24.9 Å². The summed E-state index contributed by atoms with van der Waals surface area (Å²) in [5.41, 5.74) is 0. The molecule has 1 aliphatic rings. The van der Waals surface area contributed by atoms with Crippen LogP contribution in [0.25, 0.3) is 0 Å². The Balaban J connectivity index is 2.10. The summed E-state index contributed by atoms with van der Waals surface area (Å²) in [6.07, 6.45) is 5.54. The summed E-state index contributed by atoms with van der Waals surface area (Å²) in [4.78, 5) is 0. The predicted octanol–water partition coefficient (Wildman–Crippen LogP) is 1.73. The van der Waals surface area contributed by atoms with Gasteiger partial charge in [0.2, 0.25) is 0 Å². The first kappa shape index (κ1) is 12.0. The van der Waals surface area contributed by atoms with Gasteiger partial charge in [-0.05, 0) is 32.1 Å². The quantitative estimate of drug-likeness (QED) is 0.738. The van der Waals surface area contributed by atoms with Gasteiger partial charge < -0.3 is 14.6 Å². The minimum absolute atomic E-state index is 0.296. The van der Waals surface area contributed by atoms with Crippen molar-refractivity contribution in [1.29, 1.82) is 0 Å². The van der Waals surface area contributed by atoms with Gasteiger partial charge in [-0.3, -0.25) is 0 Å². The molecule has 0 aromatic heterocycles. The summed E-state index contributed by atoms with van der Waals surface area (Å²) >= 11 is 0. The fourth-order valence-electron chi connectivity index (χ4n) is 1.80. The van der Waals surface area contributed by atoms with Gasteiger partial charge in [-0.25, -0.2) is 0 Å². The fraction of sp³-hybridized carbons (Fsp3) is 1.00. The molecule has 14 heavy (non-hydrogen) atoms. The molecule has 3 nitrogen and oxygen atoms in total. The number of aliphatic hydroxyl groups excluding tert-OH is 1. The molecule has 1 saturated carbocycles. The third-order valence-electron chi connectivity index (χ3n) is 2.95. The lowest BCUT2D eigenvalue weighted by atomic mass is 9.95. The van der Waals surface area contributed by atoms with E-state index < -0.39 is 0 Å². The van der Waals surface area contributed by atoms with Crippen LogP contribution in [0.1, 0.15) is 39.0 Å². The van der Waals surface area contributed by atoms with Crippen molar-refractivity contribution in [2.24, 2.45) is 0 Å². The third-order valence-corrected chi connectivity index (χ3v) is 2.95. The van der Waals surface area contributed by atoms with Crippen LogP contribution in [0.3, 0.4) is 0 Å². The summed E-state index contributed by atoms with van der Waals surface area (Å²) in [5.74, 6) is 0. The first-order valence-corrected chi connectivity index (χ1v) is 5.58. The average molecular weight is 202 g/mol. The van der Waals surface area contributed by atoms with E-state index in [-0.39, 0.29) is 6.10 Å². The summed E-state index contributed by atoms with van der Waals surface area (Å²) < 4.78 is 10.9. The zero-order valence-corrected chi connectivity index (χ0v) is 9.24. The molecule has 0 saturated heterocycles. The summed E-state index contributed by atoms with van der Waals surface area (Å²) in [7, 11) is 1.77. The Morgan fingerprint density at radius 3 is 2.29 bits per heavy atom. The van der Waals surface area contributed by atoms with E-state index in [1.807, 2.05) is 6.92 Å². The van der Waals surface area contributed by atoms with Crippen LogP contribution in [0.15, 0.2) is 0 Å². The maximum absolute atomic E-state index is 9.34. The summed E-state index contributed by atoms with van der Waals surface area (Å²) in [6, 6.07) is 0. The van der Waals surface area contributed by atoms with Gasteiger partial charge >= 0.3 is 0 Å². The molecule has 1 atom stereocenters. The molecule has 84 valence electrons. The van der Waals surface area contributed by atoms with Gasteiger partial charge in [-0.1, -0.05) is 6.92 Å². The Kier molecular flexibility index (Phi) is 5.45. The van der Waals surface area contributed by atoms with Crippen LogP contribution in [0.2, 0.25) is 0 Å². The molecular weight excluding hydrogens is 180 g/mol. The molecule has 0 spiro atoms. The summed E-state index contributed by atoms with van der Waals surface area (Å²) in [6.45, 7) is 2.45. The monoisotopic (exact) mass is 202 g/mol. The predicted molar refractivity (Wildman–Crippen MR) is 55.3 cm³/mol. The third kappa shape index (κ3) is 3.95. The van der Waals surface area contributed by atoms with Crippen molar-refractivity contribution in [3.05, 3.63) is 0 Å². The highest BCUT2D eigenvalue weighted by molar-refractivity contribution is 4.73. The fourth-order valence-corrected chi connectivity index (χ4v) is 1.80. The molecule has 0 amide bonds. The second kappa shape index (κ2) is 6.38. The van der Waals surface area contributed by atoms with Gasteiger partial charge in [-0.2, -0.15) is 0 Å². The van der Waals surface area contributed by atoms with E-state index in [1.54, 1.807) is 7.11 Å². The largest absolute Gasteiger partial charge is 0.391 e. The average Bonchev–Trinajstić information content (AvgIpc) is 2.26. The molecule has 0 aromatic carbocycles. The van der Waals surface area contributed by atoms with E-state index in [9.17, 15) is 5.11 Å². The number of hydrogen-bond donors (Lipinski definition) is 1. The van der Waals surface area contributed by atoms with Gasteiger partial charge in [0.15, 0.2) is 0 Å². The van der Waals surface area contributed by atoms with E-state index in [2.05, 4.69) is 0 Å². The molecule has 0 radical (unpaired) electrons. The van der Waals surface area contributed by atoms with Crippen LogP contribution >= 0.6 is 0 Å². The smallest absolute Gasteiger partial charge is 0.0771 e. The highest BCUT2D eigenvalue weighted by Crippen LogP contribution is 2.23. The number of methoxy groups -OCH3 is 1. The zero-order valence-electron chi connectivity index (χ0n) is 9.24. The Bertz CT molecular complexity index is 141. The molecule has 0 aromatic rings. The van der Waals surface area contributed by atoms with Gasteiger partial charge in [0.1, 0.15) is 0 Å².